The highest BCUT2D eigenvalue weighted by Crippen LogP contribution is 2.34. The van der Waals surface area contributed by atoms with E-state index in [2.05, 4.69) is 9.88 Å². The molecule has 6 nitrogen and oxygen atoms in total. The summed E-state index contributed by atoms with van der Waals surface area (Å²) in [5.74, 6) is 1.61. The number of nitrogens with one attached hydrogen (secondary N) is 1. The minimum absolute atomic E-state index is 0.161. The zero-order valence-electron chi connectivity index (χ0n) is 15.4. The Morgan fingerprint density at radius 2 is 2.00 bits per heavy atom. The number of fused-ring (bicyclic) bond motifs is 2. The predicted octanol–water partition coefficient (Wildman–Crippen LogP) is 3.25. The smallest absolute Gasteiger partial charge is 0.265 e. The fourth-order valence-electron chi connectivity index (χ4n) is 3.48. The number of amides is 1. The van der Waals surface area contributed by atoms with Gasteiger partial charge in [0.15, 0.2) is 16.7 Å². The lowest BCUT2D eigenvalue weighted by Gasteiger charge is -2.25. The molecule has 0 unspecified atom stereocenters. The van der Waals surface area contributed by atoms with E-state index < -0.39 is 6.10 Å². The van der Waals surface area contributed by atoms with Crippen molar-refractivity contribution in [1.29, 1.82) is 0 Å². The van der Waals surface area contributed by atoms with Crippen LogP contribution in [0.2, 0.25) is 0 Å². The van der Waals surface area contributed by atoms with Gasteiger partial charge in [-0.2, -0.15) is 0 Å². The van der Waals surface area contributed by atoms with Gasteiger partial charge in [0, 0.05) is 17.9 Å². The molecule has 0 spiro atoms. The van der Waals surface area contributed by atoms with Gasteiger partial charge in [0.2, 0.25) is 6.10 Å². The number of hydrogen-bond acceptors (Lipinski definition) is 5. The summed E-state index contributed by atoms with van der Waals surface area (Å²) >= 11 is 1.68. The molecule has 0 saturated heterocycles. The van der Waals surface area contributed by atoms with Gasteiger partial charge in [-0.05, 0) is 36.4 Å². The Labute approximate surface area is 171 Å². The second kappa shape index (κ2) is 7.44. The number of carbonyl (C=O) groups is 1. The van der Waals surface area contributed by atoms with Crippen molar-refractivity contribution in [3.8, 4) is 22.8 Å². The first-order valence-corrected chi connectivity index (χ1v) is 10.3. The third-order valence-corrected chi connectivity index (χ3v) is 5.89. The molecule has 0 aliphatic carbocycles. The Kier molecular flexibility index (Phi) is 4.63. The number of benzene rings is 2. The molecule has 1 amide bonds. The van der Waals surface area contributed by atoms with Crippen molar-refractivity contribution in [2.75, 3.05) is 12.4 Å². The lowest BCUT2D eigenvalue weighted by molar-refractivity contribution is -0.130. The lowest BCUT2D eigenvalue weighted by atomic mass is 10.1. The van der Waals surface area contributed by atoms with E-state index in [1.807, 2.05) is 18.2 Å². The maximum atomic E-state index is 13.3. The molecule has 148 valence electrons. The normalized spacial score (nSPS) is 17.1. The second-order valence-corrected chi connectivity index (χ2v) is 7.84. The lowest BCUT2D eigenvalue weighted by Crippen LogP contribution is -2.43. The van der Waals surface area contributed by atoms with Crippen LogP contribution in [0.3, 0.4) is 0 Å². The molecule has 2 aliphatic heterocycles. The van der Waals surface area contributed by atoms with Gasteiger partial charge < -0.3 is 19.4 Å². The van der Waals surface area contributed by atoms with Crippen molar-refractivity contribution >= 4 is 17.7 Å². The number of rotatable bonds is 4. The quantitative estimate of drug-likeness (QED) is 0.714. The highest BCUT2D eigenvalue weighted by atomic mass is 32.2. The van der Waals surface area contributed by atoms with E-state index in [9.17, 15) is 9.18 Å². The average molecular weight is 411 g/mol. The molecule has 29 heavy (non-hydrogen) atoms. The zero-order valence-corrected chi connectivity index (χ0v) is 16.2. The molecule has 3 heterocycles. The number of imidazole rings is 1. The average Bonchev–Trinajstić information content (AvgIpc) is 3.34. The van der Waals surface area contributed by atoms with Crippen LogP contribution in [0.1, 0.15) is 5.69 Å². The topological polar surface area (TPSA) is 65.4 Å². The van der Waals surface area contributed by atoms with E-state index in [0.29, 0.717) is 18.0 Å². The number of para-hydroxylation sites is 2. The van der Waals surface area contributed by atoms with Crippen LogP contribution in [-0.2, 0) is 17.9 Å². The largest absolute Gasteiger partial charge is 0.485 e. The van der Waals surface area contributed by atoms with E-state index in [-0.39, 0.29) is 18.3 Å². The number of ether oxygens (including phenoxy) is 2. The molecule has 0 radical (unpaired) electrons. The maximum Gasteiger partial charge on any atom is 0.265 e. The van der Waals surface area contributed by atoms with Crippen molar-refractivity contribution in [1.82, 2.24) is 14.9 Å². The summed E-state index contributed by atoms with van der Waals surface area (Å²) in [6, 6.07) is 13.5. The van der Waals surface area contributed by atoms with Crippen molar-refractivity contribution in [3.05, 3.63) is 60.0 Å². The summed E-state index contributed by atoms with van der Waals surface area (Å²) in [6.45, 7) is 1.30. The Morgan fingerprint density at radius 3 is 2.83 bits per heavy atom. The van der Waals surface area contributed by atoms with E-state index in [1.165, 1.54) is 12.1 Å². The summed E-state index contributed by atoms with van der Waals surface area (Å²) in [5.41, 5.74) is 2.49. The number of hydrogen-bond donors (Lipinski definition) is 1. The molecule has 1 aromatic heterocycles. The predicted molar refractivity (Wildman–Crippen MR) is 107 cm³/mol. The van der Waals surface area contributed by atoms with Gasteiger partial charge in [0.05, 0.1) is 17.9 Å². The Balaban J connectivity index is 1.34. The van der Waals surface area contributed by atoms with Crippen LogP contribution in [0.5, 0.6) is 11.5 Å². The van der Waals surface area contributed by atoms with Crippen LogP contribution in [0.15, 0.2) is 53.7 Å². The monoisotopic (exact) mass is 411 g/mol. The van der Waals surface area contributed by atoms with Crippen molar-refractivity contribution in [3.63, 3.8) is 0 Å². The molecule has 2 aromatic carbocycles. The summed E-state index contributed by atoms with van der Waals surface area (Å²) < 4.78 is 26.8. The van der Waals surface area contributed by atoms with Gasteiger partial charge in [-0.3, -0.25) is 4.79 Å². The minimum atomic E-state index is -0.713. The molecule has 0 bridgehead atoms. The van der Waals surface area contributed by atoms with Gasteiger partial charge in [-0.1, -0.05) is 23.9 Å². The number of nitrogens with zero attached hydrogens (tertiary/aromatic N) is 2. The van der Waals surface area contributed by atoms with Crippen LogP contribution in [0, 0.1) is 5.82 Å². The van der Waals surface area contributed by atoms with Crippen molar-refractivity contribution < 1.29 is 18.7 Å². The van der Waals surface area contributed by atoms with Crippen LogP contribution in [0.25, 0.3) is 11.3 Å². The van der Waals surface area contributed by atoms with E-state index in [1.54, 1.807) is 30.0 Å². The zero-order chi connectivity index (χ0) is 19.8. The molecule has 1 atom stereocenters. The fourth-order valence-corrected chi connectivity index (χ4v) is 4.45. The number of halogens is 1. The molecule has 1 N–H and O–H groups in total. The number of thioether (sulfide) groups is 1. The Morgan fingerprint density at radius 1 is 1.21 bits per heavy atom. The molecule has 0 saturated carbocycles. The van der Waals surface area contributed by atoms with Gasteiger partial charge in [0.1, 0.15) is 12.4 Å². The SMILES string of the molecule is O=C(NCc1c(-c2ccc(F)cc2)nc2n1CCS2)[C@@H]1COc2ccccc2O1. The van der Waals surface area contributed by atoms with Crippen LogP contribution < -0.4 is 14.8 Å². The van der Waals surface area contributed by atoms with Gasteiger partial charge in [0.25, 0.3) is 5.91 Å². The molecule has 2 aliphatic rings. The summed E-state index contributed by atoms with van der Waals surface area (Å²) in [5, 5.41) is 3.87. The highest BCUT2D eigenvalue weighted by Gasteiger charge is 2.28. The standard InChI is InChI=1S/C21H18FN3O3S/c22-14-7-5-13(6-8-14)19-15(25-9-10-29-21(25)24-19)11-23-20(26)18-12-27-16-3-1-2-4-17(16)28-18/h1-8,18H,9-12H2,(H,23,26)/t18-/m0/s1. The van der Waals surface area contributed by atoms with E-state index >= 15 is 0 Å². The Bertz CT molecular complexity index is 1070. The first-order chi connectivity index (χ1) is 14.2. The molecular weight excluding hydrogens is 393 g/mol. The summed E-state index contributed by atoms with van der Waals surface area (Å²) in [6.07, 6.45) is -0.713. The second-order valence-electron chi connectivity index (χ2n) is 6.78. The first-order valence-electron chi connectivity index (χ1n) is 9.33. The van der Waals surface area contributed by atoms with Crippen LogP contribution >= 0.6 is 11.8 Å². The Hall–Kier alpha value is -3.00. The van der Waals surface area contributed by atoms with Gasteiger partial charge in [-0.25, -0.2) is 9.37 Å². The third-order valence-electron chi connectivity index (χ3n) is 4.93. The van der Waals surface area contributed by atoms with Crippen LogP contribution in [-0.4, -0.2) is 33.9 Å². The third kappa shape index (κ3) is 3.44. The summed E-state index contributed by atoms with van der Waals surface area (Å²) in [7, 11) is 0. The van der Waals surface area contributed by atoms with Gasteiger partial charge in [-0.15, -0.1) is 0 Å². The van der Waals surface area contributed by atoms with Crippen molar-refractivity contribution in [2.45, 2.75) is 24.3 Å². The number of carbonyl (C=O) groups excluding carboxylic acids is 1. The maximum absolute atomic E-state index is 13.3. The fraction of sp³-hybridized carbons (Fsp3) is 0.238. The molecule has 3 aromatic rings. The first kappa shape index (κ1) is 18.1. The molecule has 8 heteroatoms. The van der Waals surface area contributed by atoms with E-state index in [0.717, 1.165) is 34.4 Å². The van der Waals surface area contributed by atoms with Crippen molar-refractivity contribution in [2.24, 2.45) is 0 Å². The number of aromatic nitrogens is 2. The highest BCUT2D eigenvalue weighted by molar-refractivity contribution is 7.99. The molecule has 5 rings (SSSR count). The van der Waals surface area contributed by atoms with Crippen LogP contribution in [0.4, 0.5) is 4.39 Å². The van der Waals surface area contributed by atoms with E-state index in [4.69, 9.17) is 14.5 Å². The van der Waals surface area contributed by atoms with Gasteiger partial charge >= 0.3 is 0 Å². The molecular formula is C21H18FN3O3S. The molecule has 0 fully saturated rings. The summed E-state index contributed by atoms with van der Waals surface area (Å²) in [4.78, 5) is 17.4. The minimum Gasteiger partial charge on any atom is -0.485 e.